The summed E-state index contributed by atoms with van der Waals surface area (Å²) < 4.78 is 44.5. The summed E-state index contributed by atoms with van der Waals surface area (Å²) >= 11 is 1.27. The number of halogens is 3. The number of aromatic nitrogens is 2. The highest BCUT2D eigenvalue weighted by atomic mass is 32.2. The molecule has 0 spiro atoms. The molecule has 0 saturated carbocycles. The van der Waals surface area contributed by atoms with Gasteiger partial charge in [0, 0.05) is 17.5 Å². The van der Waals surface area contributed by atoms with E-state index in [2.05, 4.69) is 9.97 Å². The van der Waals surface area contributed by atoms with Crippen LogP contribution in [-0.4, -0.2) is 9.97 Å². The van der Waals surface area contributed by atoms with Crippen molar-refractivity contribution in [1.29, 1.82) is 0 Å². The molecule has 0 atom stereocenters. The number of rotatable bonds is 5. The van der Waals surface area contributed by atoms with Crippen molar-refractivity contribution in [1.82, 2.24) is 9.97 Å². The van der Waals surface area contributed by atoms with Crippen molar-refractivity contribution in [2.45, 2.75) is 37.9 Å². The SMILES string of the molecule is Cc1cc(Oc2cccc(C)c2C)nc(SCc2cccc(C(F)(F)F)c2)n1. The number of benzene rings is 2. The largest absolute Gasteiger partial charge is 0.439 e. The average molecular weight is 404 g/mol. The number of nitrogens with zero attached hydrogens (tertiary/aromatic N) is 2. The molecule has 1 aromatic heterocycles. The molecule has 146 valence electrons. The Morgan fingerprint density at radius 3 is 2.46 bits per heavy atom. The van der Waals surface area contributed by atoms with Crippen molar-refractivity contribution in [3.8, 4) is 11.6 Å². The molecule has 3 aromatic rings. The van der Waals surface area contributed by atoms with Gasteiger partial charge in [-0.3, -0.25) is 0 Å². The van der Waals surface area contributed by atoms with Crippen LogP contribution < -0.4 is 4.74 Å². The summed E-state index contributed by atoms with van der Waals surface area (Å²) in [7, 11) is 0. The summed E-state index contributed by atoms with van der Waals surface area (Å²) in [5, 5.41) is 0.456. The standard InChI is InChI=1S/C21H19F3N2OS/c1-13-6-4-9-18(15(13)3)27-19-10-14(2)25-20(26-19)28-12-16-7-5-8-17(11-16)21(22,23)24/h4-11H,12H2,1-3H3. The van der Waals surface area contributed by atoms with Gasteiger partial charge in [0.15, 0.2) is 5.16 Å². The van der Waals surface area contributed by atoms with Gasteiger partial charge in [-0.15, -0.1) is 0 Å². The molecule has 0 unspecified atom stereocenters. The Bertz CT molecular complexity index is 990. The molecule has 0 aliphatic heterocycles. The van der Waals surface area contributed by atoms with E-state index < -0.39 is 11.7 Å². The van der Waals surface area contributed by atoms with E-state index >= 15 is 0 Å². The maximum Gasteiger partial charge on any atom is 0.416 e. The van der Waals surface area contributed by atoms with Crippen molar-refractivity contribution in [3.05, 3.63) is 76.5 Å². The van der Waals surface area contributed by atoms with Gasteiger partial charge in [-0.2, -0.15) is 18.2 Å². The zero-order valence-electron chi connectivity index (χ0n) is 15.7. The van der Waals surface area contributed by atoms with Gasteiger partial charge >= 0.3 is 6.18 Å². The number of hydrogen-bond donors (Lipinski definition) is 0. The number of aryl methyl sites for hydroxylation is 2. The summed E-state index contributed by atoms with van der Waals surface area (Å²) in [6.07, 6.45) is -4.35. The van der Waals surface area contributed by atoms with E-state index in [1.807, 2.05) is 39.0 Å². The van der Waals surface area contributed by atoms with Crippen LogP contribution in [0.15, 0.2) is 53.7 Å². The van der Waals surface area contributed by atoms with Crippen molar-refractivity contribution in [2.24, 2.45) is 0 Å². The molecule has 28 heavy (non-hydrogen) atoms. The third-order valence-electron chi connectivity index (χ3n) is 4.20. The lowest BCUT2D eigenvalue weighted by molar-refractivity contribution is -0.137. The Morgan fingerprint density at radius 1 is 0.964 bits per heavy atom. The van der Waals surface area contributed by atoms with E-state index in [0.717, 1.165) is 29.0 Å². The molecule has 2 aromatic carbocycles. The first-order valence-corrected chi connectivity index (χ1v) is 9.59. The van der Waals surface area contributed by atoms with E-state index in [0.29, 0.717) is 28.1 Å². The van der Waals surface area contributed by atoms with Crippen molar-refractivity contribution >= 4 is 11.8 Å². The Labute approximate surface area is 166 Å². The van der Waals surface area contributed by atoms with Gasteiger partial charge < -0.3 is 4.74 Å². The van der Waals surface area contributed by atoms with Crippen LogP contribution >= 0.6 is 11.8 Å². The monoisotopic (exact) mass is 404 g/mol. The highest BCUT2D eigenvalue weighted by Crippen LogP contribution is 2.31. The fraction of sp³-hybridized carbons (Fsp3) is 0.238. The van der Waals surface area contributed by atoms with Crippen LogP contribution in [0.1, 0.15) is 27.9 Å². The number of alkyl halides is 3. The van der Waals surface area contributed by atoms with E-state index in [4.69, 9.17) is 4.74 Å². The molecule has 3 rings (SSSR count). The molecule has 0 saturated heterocycles. The maximum absolute atomic E-state index is 12.9. The third-order valence-corrected chi connectivity index (χ3v) is 5.12. The Balaban J connectivity index is 1.76. The fourth-order valence-electron chi connectivity index (χ4n) is 2.56. The highest BCUT2D eigenvalue weighted by Gasteiger charge is 2.30. The summed E-state index contributed by atoms with van der Waals surface area (Å²) in [6.45, 7) is 5.80. The van der Waals surface area contributed by atoms with Crippen LogP contribution in [0, 0.1) is 20.8 Å². The van der Waals surface area contributed by atoms with Crippen molar-refractivity contribution in [2.75, 3.05) is 0 Å². The zero-order chi connectivity index (χ0) is 20.3. The van der Waals surface area contributed by atoms with E-state index in [9.17, 15) is 13.2 Å². The van der Waals surface area contributed by atoms with Crippen LogP contribution in [0.2, 0.25) is 0 Å². The summed E-state index contributed by atoms with van der Waals surface area (Å²) in [6, 6.07) is 12.8. The molecular formula is C21H19F3N2OS. The van der Waals surface area contributed by atoms with Crippen LogP contribution in [0.4, 0.5) is 13.2 Å². The normalized spacial score (nSPS) is 11.5. The summed E-state index contributed by atoms with van der Waals surface area (Å²) in [4.78, 5) is 8.74. The molecule has 0 amide bonds. The minimum atomic E-state index is -4.35. The average Bonchev–Trinajstić information content (AvgIpc) is 2.63. The zero-order valence-corrected chi connectivity index (χ0v) is 16.5. The molecule has 0 bridgehead atoms. The summed E-state index contributed by atoms with van der Waals surface area (Å²) in [5.74, 6) is 1.45. The highest BCUT2D eigenvalue weighted by molar-refractivity contribution is 7.98. The molecule has 0 aliphatic carbocycles. The van der Waals surface area contributed by atoms with Gasteiger partial charge in [0.25, 0.3) is 0 Å². The van der Waals surface area contributed by atoms with Gasteiger partial charge in [-0.1, -0.05) is 42.1 Å². The molecule has 0 N–H and O–H groups in total. The first kappa shape index (κ1) is 20.2. The van der Waals surface area contributed by atoms with Gasteiger partial charge in [0.2, 0.25) is 5.88 Å². The minimum absolute atomic E-state index is 0.330. The van der Waals surface area contributed by atoms with Crippen LogP contribution in [-0.2, 0) is 11.9 Å². The van der Waals surface area contributed by atoms with Gasteiger partial charge in [0.1, 0.15) is 5.75 Å². The first-order valence-electron chi connectivity index (χ1n) is 8.61. The van der Waals surface area contributed by atoms with E-state index in [1.165, 1.54) is 17.8 Å². The quantitative estimate of drug-likeness (QED) is 0.359. The van der Waals surface area contributed by atoms with Gasteiger partial charge in [0.05, 0.1) is 5.56 Å². The Hall–Kier alpha value is -2.54. The molecule has 1 heterocycles. The second-order valence-electron chi connectivity index (χ2n) is 6.42. The van der Waals surface area contributed by atoms with Gasteiger partial charge in [-0.05, 0) is 49.6 Å². The Morgan fingerprint density at radius 2 is 1.71 bits per heavy atom. The topological polar surface area (TPSA) is 35.0 Å². The van der Waals surface area contributed by atoms with Crippen LogP contribution in [0.3, 0.4) is 0 Å². The molecule has 0 aliphatic rings. The lowest BCUT2D eigenvalue weighted by Crippen LogP contribution is -2.05. The van der Waals surface area contributed by atoms with Crippen LogP contribution in [0.5, 0.6) is 11.6 Å². The molecule has 0 fully saturated rings. The smallest absolute Gasteiger partial charge is 0.416 e. The molecule has 0 radical (unpaired) electrons. The number of hydrogen-bond acceptors (Lipinski definition) is 4. The Kier molecular flexibility index (Phi) is 5.93. The molecular weight excluding hydrogens is 385 g/mol. The third kappa shape index (κ3) is 5.04. The fourth-order valence-corrected chi connectivity index (χ4v) is 3.40. The number of ether oxygens (including phenoxy) is 1. The first-order chi connectivity index (χ1) is 13.2. The second-order valence-corrected chi connectivity index (χ2v) is 7.36. The van der Waals surface area contributed by atoms with E-state index in [1.54, 1.807) is 12.1 Å². The van der Waals surface area contributed by atoms with Crippen LogP contribution in [0.25, 0.3) is 0 Å². The van der Waals surface area contributed by atoms with Gasteiger partial charge in [-0.25, -0.2) is 4.98 Å². The summed E-state index contributed by atoms with van der Waals surface area (Å²) in [5.41, 5.74) is 2.76. The molecule has 7 heteroatoms. The predicted molar refractivity (Wildman–Crippen MR) is 104 cm³/mol. The minimum Gasteiger partial charge on any atom is -0.439 e. The number of thioether (sulfide) groups is 1. The maximum atomic E-state index is 12.9. The second kappa shape index (κ2) is 8.22. The van der Waals surface area contributed by atoms with Crippen molar-refractivity contribution in [3.63, 3.8) is 0 Å². The lowest BCUT2D eigenvalue weighted by Gasteiger charge is -2.11. The van der Waals surface area contributed by atoms with Crippen molar-refractivity contribution < 1.29 is 17.9 Å². The van der Waals surface area contributed by atoms with E-state index in [-0.39, 0.29) is 0 Å². The predicted octanol–water partition coefficient (Wildman–Crippen LogP) is 6.51. The molecule has 3 nitrogen and oxygen atoms in total. The lowest BCUT2D eigenvalue weighted by atomic mass is 10.1.